The number of hydrogen-bond donors (Lipinski definition) is 0. The van der Waals surface area contributed by atoms with E-state index in [1.807, 2.05) is 0 Å². The van der Waals surface area contributed by atoms with Crippen LogP contribution in [0.1, 0.15) is 72.1 Å². The molecule has 2 aliphatic carbocycles. The Morgan fingerprint density at radius 2 is 1.57 bits per heavy atom. The molecule has 0 aliphatic heterocycles. The summed E-state index contributed by atoms with van der Waals surface area (Å²) in [5.74, 6) is 0.903. The van der Waals surface area contributed by atoms with Gasteiger partial charge in [-0.3, -0.25) is 0 Å². The van der Waals surface area contributed by atoms with E-state index in [1.54, 1.807) is 25.7 Å². The van der Waals surface area contributed by atoms with Crippen LogP contribution < -0.4 is 0 Å². The average Bonchev–Trinajstić information content (AvgIpc) is 2.14. The highest BCUT2D eigenvalue weighted by molar-refractivity contribution is 5.04. The zero-order valence-electron chi connectivity index (χ0n) is 10.2. The highest BCUT2D eigenvalue weighted by Gasteiger charge is 2.54. The Hall–Kier alpha value is 0. The van der Waals surface area contributed by atoms with Crippen molar-refractivity contribution in [3.05, 3.63) is 0 Å². The summed E-state index contributed by atoms with van der Waals surface area (Å²) < 4.78 is 0. The van der Waals surface area contributed by atoms with E-state index in [9.17, 15) is 0 Å². The van der Waals surface area contributed by atoms with Gasteiger partial charge in [-0.05, 0) is 42.4 Å². The molecule has 0 nitrogen and oxygen atoms in total. The lowest BCUT2D eigenvalue weighted by Crippen LogP contribution is -2.50. The summed E-state index contributed by atoms with van der Waals surface area (Å²) in [5, 5.41) is 0. The van der Waals surface area contributed by atoms with E-state index in [-0.39, 0.29) is 0 Å². The van der Waals surface area contributed by atoms with Crippen molar-refractivity contribution < 1.29 is 0 Å². The quantitative estimate of drug-likeness (QED) is 0.593. The molecule has 1 spiro atoms. The van der Waals surface area contributed by atoms with Crippen LogP contribution in [0.25, 0.3) is 0 Å². The van der Waals surface area contributed by atoms with Gasteiger partial charge in [0.05, 0.1) is 0 Å². The molecule has 0 aromatic heterocycles. The van der Waals surface area contributed by atoms with Gasteiger partial charge < -0.3 is 0 Å². The van der Waals surface area contributed by atoms with Crippen molar-refractivity contribution in [2.45, 2.75) is 72.1 Å². The zero-order chi connectivity index (χ0) is 10.2. The third-order valence-electron chi connectivity index (χ3n) is 5.30. The summed E-state index contributed by atoms with van der Waals surface area (Å²) in [6.45, 7) is 7.26. The molecule has 2 rings (SSSR count). The fourth-order valence-electron chi connectivity index (χ4n) is 4.16. The first kappa shape index (κ1) is 10.5. The maximum Gasteiger partial charge on any atom is -0.0266 e. The van der Waals surface area contributed by atoms with Gasteiger partial charge >= 0.3 is 0 Å². The molecule has 14 heavy (non-hydrogen) atoms. The van der Waals surface area contributed by atoms with Crippen molar-refractivity contribution in [2.24, 2.45) is 16.7 Å². The monoisotopic (exact) mass is 194 g/mol. The maximum absolute atomic E-state index is 2.43. The fraction of sp³-hybridized carbons (Fsp3) is 1.00. The van der Waals surface area contributed by atoms with Crippen molar-refractivity contribution in [2.75, 3.05) is 0 Å². The summed E-state index contributed by atoms with van der Waals surface area (Å²) in [6.07, 6.45) is 12.1. The van der Waals surface area contributed by atoms with Crippen LogP contribution in [0.4, 0.5) is 0 Å². The van der Waals surface area contributed by atoms with E-state index < -0.39 is 0 Å². The van der Waals surface area contributed by atoms with Crippen LogP contribution in [-0.2, 0) is 0 Å². The van der Waals surface area contributed by atoms with Gasteiger partial charge in [0.2, 0.25) is 0 Å². The molecule has 0 atom stereocenters. The predicted octanol–water partition coefficient (Wildman–Crippen LogP) is 4.78. The van der Waals surface area contributed by atoms with Crippen LogP contribution >= 0.6 is 0 Å². The smallest absolute Gasteiger partial charge is 0.0266 e. The zero-order valence-corrected chi connectivity index (χ0v) is 10.2. The normalized spacial score (nSPS) is 29.1. The third-order valence-corrected chi connectivity index (χ3v) is 5.30. The Morgan fingerprint density at radius 3 is 2.00 bits per heavy atom. The molecular weight excluding hydrogens is 168 g/mol. The van der Waals surface area contributed by atoms with Gasteiger partial charge in [0.25, 0.3) is 0 Å². The van der Waals surface area contributed by atoms with Crippen LogP contribution in [0.2, 0.25) is 0 Å². The molecule has 0 N–H and O–H groups in total. The summed E-state index contributed by atoms with van der Waals surface area (Å²) in [5.41, 5.74) is 1.55. The second-order valence-corrected chi connectivity index (χ2v) is 6.28. The largest absolute Gasteiger partial charge is 0.0648 e. The standard InChI is InChI=1S/C14H26/c1-4-14(12(2)3)10-13(11-14)8-6-5-7-9-13/h12H,4-11H2,1-3H3. The van der Waals surface area contributed by atoms with Crippen molar-refractivity contribution in [1.82, 2.24) is 0 Å². The second kappa shape index (κ2) is 3.54. The van der Waals surface area contributed by atoms with Gasteiger partial charge in [-0.15, -0.1) is 0 Å². The summed E-state index contributed by atoms with van der Waals surface area (Å²) in [4.78, 5) is 0. The van der Waals surface area contributed by atoms with Crippen LogP contribution in [0.5, 0.6) is 0 Å². The SMILES string of the molecule is CCC1(C(C)C)CC2(CCCCC2)C1. The molecule has 0 bridgehead atoms. The molecule has 0 amide bonds. The number of hydrogen-bond acceptors (Lipinski definition) is 0. The Bertz CT molecular complexity index is 188. The minimum Gasteiger partial charge on any atom is -0.0648 e. The topological polar surface area (TPSA) is 0 Å². The summed E-state index contributed by atoms with van der Waals surface area (Å²) >= 11 is 0. The van der Waals surface area contributed by atoms with Crippen LogP contribution in [0.15, 0.2) is 0 Å². The minimum absolute atomic E-state index is 0.733. The molecule has 2 fully saturated rings. The Balaban J connectivity index is 1.98. The van der Waals surface area contributed by atoms with Crippen LogP contribution in [-0.4, -0.2) is 0 Å². The lowest BCUT2D eigenvalue weighted by molar-refractivity contribution is -0.0977. The molecule has 0 aromatic rings. The van der Waals surface area contributed by atoms with E-state index in [1.165, 1.54) is 25.7 Å². The van der Waals surface area contributed by atoms with E-state index in [2.05, 4.69) is 20.8 Å². The maximum atomic E-state index is 2.43. The van der Waals surface area contributed by atoms with Crippen molar-refractivity contribution in [3.8, 4) is 0 Å². The highest BCUT2D eigenvalue weighted by Crippen LogP contribution is 2.65. The molecule has 2 aliphatic rings. The van der Waals surface area contributed by atoms with Crippen LogP contribution in [0.3, 0.4) is 0 Å². The molecule has 0 heterocycles. The molecule has 82 valence electrons. The van der Waals surface area contributed by atoms with E-state index in [0.717, 1.165) is 16.7 Å². The van der Waals surface area contributed by atoms with E-state index >= 15 is 0 Å². The van der Waals surface area contributed by atoms with E-state index in [4.69, 9.17) is 0 Å². The molecule has 2 saturated carbocycles. The van der Waals surface area contributed by atoms with Gasteiger partial charge in [-0.1, -0.05) is 46.5 Å². The molecule has 0 unspecified atom stereocenters. The molecule has 0 saturated heterocycles. The molecule has 0 aromatic carbocycles. The van der Waals surface area contributed by atoms with Crippen molar-refractivity contribution in [1.29, 1.82) is 0 Å². The first-order chi connectivity index (χ1) is 6.63. The van der Waals surface area contributed by atoms with Crippen LogP contribution in [0, 0.1) is 16.7 Å². The predicted molar refractivity (Wildman–Crippen MR) is 62.3 cm³/mol. The summed E-state index contributed by atoms with van der Waals surface area (Å²) in [7, 11) is 0. The Kier molecular flexibility index (Phi) is 2.66. The Morgan fingerprint density at radius 1 is 1.00 bits per heavy atom. The van der Waals surface area contributed by atoms with Gasteiger partial charge in [-0.25, -0.2) is 0 Å². The summed E-state index contributed by atoms with van der Waals surface area (Å²) in [6, 6.07) is 0. The second-order valence-electron chi connectivity index (χ2n) is 6.28. The molecule has 0 heteroatoms. The lowest BCUT2D eigenvalue weighted by atomic mass is 9.45. The first-order valence-corrected chi connectivity index (χ1v) is 6.63. The third kappa shape index (κ3) is 1.51. The molecular formula is C14H26. The van der Waals surface area contributed by atoms with Crippen molar-refractivity contribution in [3.63, 3.8) is 0 Å². The molecule has 0 radical (unpaired) electrons. The van der Waals surface area contributed by atoms with Gasteiger partial charge in [0.15, 0.2) is 0 Å². The average molecular weight is 194 g/mol. The minimum atomic E-state index is 0.733. The van der Waals surface area contributed by atoms with Gasteiger partial charge in [-0.2, -0.15) is 0 Å². The fourth-order valence-corrected chi connectivity index (χ4v) is 4.16. The van der Waals surface area contributed by atoms with E-state index in [0.29, 0.717) is 0 Å². The van der Waals surface area contributed by atoms with Gasteiger partial charge in [0.1, 0.15) is 0 Å². The first-order valence-electron chi connectivity index (χ1n) is 6.63. The van der Waals surface area contributed by atoms with Crippen molar-refractivity contribution >= 4 is 0 Å². The Labute approximate surface area is 89.5 Å². The highest BCUT2D eigenvalue weighted by atomic mass is 14.6. The number of rotatable bonds is 2. The van der Waals surface area contributed by atoms with Gasteiger partial charge in [0, 0.05) is 0 Å². The lowest BCUT2D eigenvalue weighted by Gasteiger charge is -2.60.